The maximum absolute atomic E-state index is 12.3. The van der Waals surface area contributed by atoms with Crippen molar-refractivity contribution in [2.75, 3.05) is 18.0 Å². The van der Waals surface area contributed by atoms with Crippen LogP contribution in [0.5, 0.6) is 0 Å². The van der Waals surface area contributed by atoms with Crippen molar-refractivity contribution in [3.05, 3.63) is 54.4 Å². The molecule has 0 saturated carbocycles. The van der Waals surface area contributed by atoms with E-state index in [1.54, 1.807) is 42.7 Å². The first kappa shape index (κ1) is 15.9. The Morgan fingerprint density at radius 3 is 2.54 bits per heavy atom. The van der Waals surface area contributed by atoms with E-state index in [9.17, 15) is 9.59 Å². The first-order valence-electron chi connectivity index (χ1n) is 7.91. The van der Waals surface area contributed by atoms with Crippen LogP contribution in [0.2, 0.25) is 0 Å². The van der Waals surface area contributed by atoms with Crippen LogP contribution in [0.4, 0.5) is 5.95 Å². The summed E-state index contributed by atoms with van der Waals surface area (Å²) in [6.07, 6.45) is 5.03. The first-order chi connectivity index (χ1) is 11.7. The Hall–Kier alpha value is -2.96. The lowest BCUT2D eigenvalue weighted by Crippen LogP contribution is -2.49. The van der Waals surface area contributed by atoms with Crippen molar-refractivity contribution in [3.8, 4) is 0 Å². The standard InChI is InChI=1S/C17H19N5O2/c23-15(13-6-2-1-3-7-13)20-21-16(24)14-8-4-11-22(12-14)17-18-9-5-10-19-17/h1-3,5-7,9-10,14H,4,8,11-12H2,(H,20,23)(H,21,24)/t14-/m0/s1. The van der Waals surface area contributed by atoms with Crippen molar-refractivity contribution >= 4 is 17.8 Å². The fourth-order valence-electron chi connectivity index (χ4n) is 2.71. The molecule has 2 heterocycles. The molecule has 2 amide bonds. The number of nitrogens with one attached hydrogen (secondary N) is 2. The summed E-state index contributed by atoms with van der Waals surface area (Å²) in [5.74, 6) is -0.107. The van der Waals surface area contributed by atoms with Crippen molar-refractivity contribution in [2.24, 2.45) is 5.92 Å². The number of aromatic nitrogens is 2. The van der Waals surface area contributed by atoms with Gasteiger partial charge in [-0.3, -0.25) is 20.4 Å². The highest BCUT2D eigenvalue weighted by atomic mass is 16.2. The molecule has 1 aliphatic rings. The van der Waals surface area contributed by atoms with Crippen molar-refractivity contribution in [3.63, 3.8) is 0 Å². The number of rotatable bonds is 3. The topological polar surface area (TPSA) is 87.2 Å². The molecule has 0 unspecified atom stereocenters. The van der Waals surface area contributed by atoms with Crippen LogP contribution in [-0.4, -0.2) is 34.9 Å². The van der Waals surface area contributed by atoms with Crippen LogP contribution in [0.1, 0.15) is 23.2 Å². The summed E-state index contributed by atoms with van der Waals surface area (Å²) in [5, 5.41) is 0. The van der Waals surface area contributed by atoms with Crippen LogP contribution in [0, 0.1) is 5.92 Å². The maximum Gasteiger partial charge on any atom is 0.269 e. The largest absolute Gasteiger partial charge is 0.340 e. The molecule has 0 radical (unpaired) electrons. The fraction of sp³-hybridized carbons (Fsp3) is 0.294. The van der Waals surface area contributed by atoms with Crippen molar-refractivity contribution in [2.45, 2.75) is 12.8 Å². The van der Waals surface area contributed by atoms with E-state index in [0.29, 0.717) is 18.1 Å². The zero-order chi connectivity index (χ0) is 16.8. The summed E-state index contributed by atoms with van der Waals surface area (Å²) in [6, 6.07) is 10.5. The summed E-state index contributed by atoms with van der Waals surface area (Å²) >= 11 is 0. The second-order valence-corrected chi connectivity index (χ2v) is 5.64. The third-order valence-electron chi connectivity index (χ3n) is 3.96. The van der Waals surface area contributed by atoms with Gasteiger partial charge in [0.15, 0.2) is 0 Å². The molecule has 0 bridgehead atoms. The lowest BCUT2D eigenvalue weighted by Gasteiger charge is -2.31. The third-order valence-corrected chi connectivity index (χ3v) is 3.96. The Labute approximate surface area is 140 Å². The van der Waals surface area contributed by atoms with Gasteiger partial charge >= 0.3 is 0 Å². The van der Waals surface area contributed by atoms with Gasteiger partial charge < -0.3 is 4.90 Å². The Morgan fingerprint density at radius 1 is 1.04 bits per heavy atom. The predicted octanol–water partition coefficient (Wildman–Crippen LogP) is 1.15. The van der Waals surface area contributed by atoms with Crippen LogP contribution in [0.15, 0.2) is 48.8 Å². The number of hydrogen-bond acceptors (Lipinski definition) is 5. The highest BCUT2D eigenvalue weighted by Gasteiger charge is 2.27. The van der Waals surface area contributed by atoms with E-state index in [1.165, 1.54) is 0 Å². The highest BCUT2D eigenvalue weighted by molar-refractivity contribution is 5.95. The summed E-state index contributed by atoms with van der Waals surface area (Å²) in [6.45, 7) is 1.36. The van der Waals surface area contributed by atoms with Crippen LogP contribution in [0.3, 0.4) is 0 Å². The molecule has 0 aliphatic carbocycles. The highest BCUT2D eigenvalue weighted by Crippen LogP contribution is 2.19. The number of carbonyl (C=O) groups is 2. The maximum atomic E-state index is 12.3. The van der Waals surface area contributed by atoms with Crippen molar-refractivity contribution in [1.82, 2.24) is 20.8 Å². The molecule has 1 fully saturated rings. The SMILES string of the molecule is O=C(NNC(=O)[C@H]1CCCN(c2ncccn2)C1)c1ccccc1. The molecule has 1 saturated heterocycles. The van der Waals surface area contributed by atoms with E-state index in [4.69, 9.17) is 0 Å². The number of piperidine rings is 1. The molecule has 0 spiro atoms. The van der Waals surface area contributed by atoms with E-state index in [-0.39, 0.29) is 17.7 Å². The monoisotopic (exact) mass is 325 g/mol. The van der Waals surface area contributed by atoms with Gasteiger partial charge in [-0.05, 0) is 31.0 Å². The van der Waals surface area contributed by atoms with Gasteiger partial charge in [-0.1, -0.05) is 18.2 Å². The summed E-state index contributed by atoms with van der Waals surface area (Å²) in [7, 11) is 0. The lowest BCUT2D eigenvalue weighted by atomic mass is 9.98. The number of hydrogen-bond donors (Lipinski definition) is 2. The summed E-state index contributed by atoms with van der Waals surface area (Å²) in [5.41, 5.74) is 5.48. The molecule has 1 aromatic heterocycles. The first-order valence-corrected chi connectivity index (χ1v) is 7.91. The minimum absolute atomic E-state index is 0.195. The van der Waals surface area contributed by atoms with E-state index in [0.717, 1.165) is 19.4 Å². The van der Waals surface area contributed by atoms with Gasteiger partial charge in [-0.15, -0.1) is 0 Å². The van der Waals surface area contributed by atoms with Gasteiger partial charge in [0.25, 0.3) is 5.91 Å². The van der Waals surface area contributed by atoms with Gasteiger partial charge in [-0.25, -0.2) is 9.97 Å². The van der Waals surface area contributed by atoms with E-state index < -0.39 is 0 Å². The van der Waals surface area contributed by atoms with Gasteiger partial charge in [0, 0.05) is 31.0 Å². The van der Waals surface area contributed by atoms with Crippen LogP contribution >= 0.6 is 0 Å². The quantitative estimate of drug-likeness (QED) is 0.827. The number of nitrogens with zero attached hydrogens (tertiary/aromatic N) is 3. The minimum atomic E-state index is -0.331. The zero-order valence-electron chi connectivity index (χ0n) is 13.2. The molecule has 7 nitrogen and oxygen atoms in total. The second kappa shape index (κ2) is 7.54. The van der Waals surface area contributed by atoms with Gasteiger partial charge in [0.1, 0.15) is 0 Å². The van der Waals surface area contributed by atoms with Crippen LogP contribution in [-0.2, 0) is 4.79 Å². The zero-order valence-corrected chi connectivity index (χ0v) is 13.2. The van der Waals surface area contributed by atoms with Crippen LogP contribution in [0.25, 0.3) is 0 Å². The molecule has 2 aromatic rings. The Morgan fingerprint density at radius 2 is 1.79 bits per heavy atom. The molecule has 2 N–H and O–H groups in total. The number of amides is 2. The third kappa shape index (κ3) is 3.87. The predicted molar refractivity (Wildman–Crippen MR) is 89.0 cm³/mol. The Kier molecular flexibility index (Phi) is 5.00. The van der Waals surface area contributed by atoms with E-state index >= 15 is 0 Å². The molecule has 24 heavy (non-hydrogen) atoms. The van der Waals surface area contributed by atoms with Gasteiger partial charge in [0.2, 0.25) is 11.9 Å². The molecular formula is C17H19N5O2. The van der Waals surface area contributed by atoms with Crippen LogP contribution < -0.4 is 15.8 Å². The van der Waals surface area contributed by atoms with Crippen molar-refractivity contribution in [1.29, 1.82) is 0 Å². The van der Waals surface area contributed by atoms with E-state index in [1.807, 2.05) is 11.0 Å². The molecule has 7 heteroatoms. The molecule has 1 atom stereocenters. The molecule has 124 valence electrons. The normalized spacial score (nSPS) is 17.2. The molecule has 1 aliphatic heterocycles. The Balaban J connectivity index is 1.54. The minimum Gasteiger partial charge on any atom is -0.340 e. The average molecular weight is 325 g/mol. The van der Waals surface area contributed by atoms with E-state index in [2.05, 4.69) is 20.8 Å². The number of hydrazine groups is 1. The average Bonchev–Trinajstić information content (AvgIpc) is 2.67. The molecular weight excluding hydrogens is 306 g/mol. The molecule has 3 rings (SSSR count). The summed E-state index contributed by atoms with van der Waals surface area (Å²) in [4.78, 5) is 34.7. The van der Waals surface area contributed by atoms with Gasteiger partial charge in [-0.2, -0.15) is 0 Å². The summed E-state index contributed by atoms with van der Waals surface area (Å²) < 4.78 is 0. The smallest absolute Gasteiger partial charge is 0.269 e. The fourth-order valence-corrected chi connectivity index (χ4v) is 2.71. The lowest BCUT2D eigenvalue weighted by molar-refractivity contribution is -0.126. The second-order valence-electron chi connectivity index (χ2n) is 5.64. The Bertz CT molecular complexity index is 693. The number of carbonyl (C=O) groups excluding carboxylic acids is 2. The number of benzene rings is 1. The van der Waals surface area contributed by atoms with Gasteiger partial charge in [0.05, 0.1) is 5.92 Å². The molecule has 1 aromatic carbocycles. The number of anilines is 1. The van der Waals surface area contributed by atoms with Crippen molar-refractivity contribution < 1.29 is 9.59 Å².